The van der Waals surface area contributed by atoms with Crippen molar-refractivity contribution in [2.45, 2.75) is 6.18 Å². The standard InChI is InChI=1S/C19H18F3N3O3/c1-28-18(27)13-5-6-16(14(12-13)19(20,21)22)24-8-10-25(11-9-24)17(26)15-4-2-3-7-23-15/h2-7,12H,8-11H2,1H3. The normalized spacial score (nSPS) is 14.7. The molecule has 0 radical (unpaired) electrons. The van der Waals surface area contributed by atoms with Gasteiger partial charge in [0.15, 0.2) is 0 Å². The number of rotatable bonds is 3. The molecule has 0 atom stereocenters. The highest BCUT2D eigenvalue weighted by Crippen LogP contribution is 2.37. The number of hydrogen-bond acceptors (Lipinski definition) is 5. The van der Waals surface area contributed by atoms with Crippen molar-refractivity contribution in [1.29, 1.82) is 0 Å². The lowest BCUT2D eigenvalue weighted by Crippen LogP contribution is -2.49. The molecule has 148 valence electrons. The van der Waals surface area contributed by atoms with E-state index in [0.29, 0.717) is 5.69 Å². The van der Waals surface area contributed by atoms with E-state index in [9.17, 15) is 22.8 Å². The largest absolute Gasteiger partial charge is 0.465 e. The molecule has 9 heteroatoms. The van der Waals surface area contributed by atoms with Gasteiger partial charge < -0.3 is 14.5 Å². The van der Waals surface area contributed by atoms with Crippen LogP contribution in [0.1, 0.15) is 26.4 Å². The van der Waals surface area contributed by atoms with Gasteiger partial charge in [-0.2, -0.15) is 13.2 Å². The summed E-state index contributed by atoms with van der Waals surface area (Å²) in [6.45, 7) is 1.01. The minimum absolute atomic E-state index is 0.0231. The summed E-state index contributed by atoms with van der Waals surface area (Å²) in [7, 11) is 1.11. The van der Waals surface area contributed by atoms with Crippen LogP contribution >= 0.6 is 0 Å². The number of carbonyl (C=O) groups is 2. The summed E-state index contributed by atoms with van der Waals surface area (Å²) in [6, 6.07) is 8.38. The van der Waals surface area contributed by atoms with Crippen molar-refractivity contribution in [3.8, 4) is 0 Å². The Hall–Kier alpha value is -3.10. The van der Waals surface area contributed by atoms with Gasteiger partial charge >= 0.3 is 12.1 Å². The number of alkyl halides is 3. The third-order valence-corrected chi connectivity index (χ3v) is 4.51. The van der Waals surface area contributed by atoms with Crippen molar-refractivity contribution >= 4 is 17.6 Å². The van der Waals surface area contributed by atoms with E-state index in [1.807, 2.05) is 0 Å². The molecule has 3 rings (SSSR count). The van der Waals surface area contributed by atoms with E-state index in [0.717, 1.165) is 13.2 Å². The summed E-state index contributed by atoms with van der Waals surface area (Å²) in [4.78, 5) is 31.2. The summed E-state index contributed by atoms with van der Waals surface area (Å²) in [5.74, 6) is -1.08. The van der Waals surface area contributed by atoms with E-state index in [2.05, 4.69) is 9.72 Å². The Kier molecular flexibility index (Phi) is 5.53. The number of nitrogens with zero attached hydrogens (tertiary/aromatic N) is 3. The number of carbonyl (C=O) groups excluding carboxylic acids is 2. The average Bonchev–Trinajstić information content (AvgIpc) is 2.72. The zero-order valence-electron chi connectivity index (χ0n) is 15.1. The lowest BCUT2D eigenvalue weighted by atomic mass is 10.1. The maximum absolute atomic E-state index is 13.5. The van der Waals surface area contributed by atoms with E-state index >= 15 is 0 Å². The fourth-order valence-electron chi connectivity index (χ4n) is 3.09. The molecule has 28 heavy (non-hydrogen) atoms. The first kappa shape index (κ1) is 19.7. The first-order valence-corrected chi connectivity index (χ1v) is 8.56. The Labute approximate surface area is 159 Å². The van der Waals surface area contributed by atoms with Crippen LogP contribution in [0, 0.1) is 0 Å². The highest BCUT2D eigenvalue weighted by molar-refractivity contribution is 5.92. The number of benzene rings is 1. The molecule has 0 aliphatic carbocycles. The van der Waals surface area contributed by atoms with Crippen molar-refractivity contribution in [3.63, 3.8) is 0 Å². The monoisotopic (exact) mass is 393 g/mol. The number of methoxy groups -OCH3 is 1. The van der Waals surface area contributed by atoms with Crippen LogP contribution in [-0.2, 0) is 10.9 Å². The molecule has 1 aliphatic heterocycles. The number of halogens is 3. The lowest BCUT2D eigenvalue weighted by molar-refractivity contribution is -0.137. The third kappa shape index (κ3) is 4.08. The third-order valence-electron chi connectivity index (χ3n) is 4.51. The topological polar surface area (TPSA) is 62.7 Å². The van der Waals surface area contributed by atoms with Gasteiger partial charge in [0, 0.05) is 38.1 Å². The van der Waals surface area contributed by atoms with Crippen LogP contribution in [0.3, 0.4) is 0 Å². The second-order valence-corrected chi connectivity index (χ2v) is 6.22. The Balaban J connectivity index is 1.78. The molecule has 1 fully saturated rings. The molecule has 0 saturated carbocycles. The van der Waals surface area contributed by atoms with Crippen molar-refractivity contribution in [2.24, 2.45) is 0 Å². The van der Waals surface area contributed by atoms with Gasteiger partial charge in [0.2, 0.25) is 0 Å². The summed E-state index contributed by atoms with van der Waals surface area (Å²) in [5.41, 5.74) is -0.790. The van der Waals surface area contributed by atoms with Gasteiger partial charge in [0.1, 0.15) is 5.69 Å². The molecule has 1 aromatic carbocycles. The maximum atomic E-state index is 13.5. The summed E-state index contributed by atoms with van der Waals surface area (Å²) >= 11 is 0. The molecule has 6 nitrogen and oxygen atoms in total. The van der Waals surface area contributed by atoms with Crippen LogP contribution in [0.25, 0.3) is 0 Å². The van der Waals surface area contributed by atoms with E-state index in [1.165, 1.54) is 18.3 Å². The Bertz CT molecular complexity index is 864. The fourth-order valence-corrected chi connectivity index (χ4v) is 3.09. The van der Waals surface area contributed by atoms with Crippen LogP contribution in [0.5, 0.6) is 0 Å². The van der Waals surface area contributed by atoms with Gasteiger partial charge in [-0.15, -0.1) is 0 Å². The smallest absolute Gasteiger partial charge is 0.418 e. The molecule has 2 heterocycles. The molecular weight excluding hydrogens is 375 g/mol. The minimum atomic E-state index is -4.62. The molecule has 0 spiro atoms. The van der Waals surface area contributed by atoms with E-state index < -0.39 is 17.7 Å². The van der Waals surface area contributed by atoms with Crippen LogP contribution in [-0.4, -0.2) is 55.0 Å². The van der Waals surface area contributed by atoms with Gasteiger partial charge in [-0.05, 0) is 30.3 Å². The van der Waals surface area contributed by atoms with E-state index in [1.54, 1.807) is 28.0 Å². The van der Waals surface area contributed by atoms with Crippen LogP contribution < -0.4 is 4.90 Å². The molecule has 2 aromatic rings. The summed E-state index contributed by atoms with van der Waals surface area (Å²) in [5, 5.41) is 0. The molecule has 0 N–H and O–H groups in total. The Morgan fingerprint density at radius 3 is 2.36 bits per heavy atom. The molecule has 0 bridgehead atoms. The average molecular weight is 393 g/mol. The number of esters is 1. The Morgan fingerprint density at radius 2 is 1.79 bits per heavy atom. The van der Waals surface area contributed by atoms with Crippen molar-refractivity contribution in [3.05, 3.63) is 59.4 Å². The molecule has 1 saturated heterocycles. The van der Waals surface area contributed by atoms with Gasteiger partial charge in [-0.25, -0.2) is 4.79 Å². The second kappa shape index (κ2) is 7.87. The number of piperazine rings is 1. The first-order chi connectivity index (χ1) is 13.3. The zero-order valence-corrected chi connectivity index (χ0v) is 15.1. The lowest BCUT2D eigenvalue weighted by Gasteiger charge is -2.37. The zero-order chi connectivity index (χ0) is 20.3. The van der Waals surface area contributed by atoms with Gasteiger partial charge in [-0.3, -0.25) is 9.78 Å². The predicted octanol–water partition coefficient (Wildman–Crippen LogP) is 2.85. The highest BCUT2D eigenvalue weighted by Gasteiger charge is 2.36. The number of amides is 1. The van der Waals surface area contributed by atoms with Crippen molar-refractivity contribution in [2.75, 3.05) is 38.2 Å². The number of pyridine rings is 1. The fraction of sp³-hybridized carbons (Fsp3) is 0.316. The number of anilines is 1. The summed E-state index contributed by atoms with van der Waals surface area (Å²) < 4.78 is 45.1. The van der Waals surface area contributed by atoms with Crippen LogP contribution in [0.2, 0.25) is 0 Å². The molecule has 1 aliphatic rings. The van der Waals surface area contributed by atoms with Gasteiger partial charge in [0.05, 0.1) is 18.2 Å². The minimum Gasteiger partial charge on any atom is -0.465 e. The second-order valence-electron chi connectivity index (χ2n) is 6.22. The van der Waals surface area contributed by atoms with Gasteiger partial charge in [-0.1, -0.05) is 6.07 Å². The quantitative estimate of drug-likeness (QED) is 0.751. The SMILES string of the molecule is COC(=O)c1ccc(N2CCN(C(=O)c3ccccn3)CC2)c(C(F)(F)F)c1. The molecular formula is C19H18F3N3O3. The van der Waals surface area contributed by atoms with Crippen molar-refractivity contribution in [1.82, 2.24) is 9.88 Å². The predicted molar refractivity (Wildman–Crippen MR) is 95.1 cm³/mol. The number of ether oxygens (including phenoxy) is 1. The van der Waals surface area contributed by atoms with E-state index in [4.69, 9.17) is 0 Å². The maximum Gasteiger partial charge on any atom is 0.418 e. The molecule has 1 amide bonds. The molecule has 0 unspecified atom stereocenters. The number of hydrogen-bond donors (Lipinski definition) is 0. The van der Waals surface area contributed by atoms with Crippen molar-refractivity contribution < 1.29 is 27.5 Å². The first-order valence-electron chi connectivity index (χ1n) is 8.56. The molecule has 1 aromatic heterocycles. The van der Waals surface area contributed by atoms with Gasteiger partial charge in [0.25, 0.3) is 5.91 Å². The number of aromatic nitrogens is 1. The highest BCUT2D eigenvalue weighted by atomic mass is 19.4. The van der Waals surface area contributed by atoms with Crippen LogP contribution in [0.15, 0.2) is 42.6 Å². The Morgan fingerprint density at radius 1 is 1.07 bits per heavy atom. The van der Waals surface area contributed by atoms with Crippen LogP contribution in [0.4, 0.5) is 18.9 Å². The summed E-state index contributed by atoms with van der Waals surface area (Å²) in [6.07, 6.45) is -3.11. The van der Waals surface area contributed by atoms with E-state index in [-0.39, 0.29) is 43.3 Å².